The first-order valence-electron chi connectivity index (χ1n) is 10.9. The van der Waals surface area contributed by atoms with Gasteiger partial charge < -0.3 is 14.6 Å². The van der Waals surface area contributed by atoms with Gasteiger partial charge in [0.25, 0.3) is 5.91 Å². The van der Waals surface area contributed by atoms with Crippen LogP contribution in [0.15, 0.2) is 77.3 Å². The summed E-state index contributed by atoms with van der Waals surface area (Å²) in [5, 5.41) is 2.76. The van der Waals surface area contributed by atoms with E-state index in [4.69, 9.17) is 4.74 Å². The summed E-state index contributed by atoms with van der Waals surface area (Å²) in [6, 6.07) is 18.0. The molecule has 0 saturated heterocycles. The Bertz CT molecular complexity index is 1430. The summed E-state index contributed by atoms with van der Waals surface area (Å²) in [6.45, 7) is 3.24. The third-order valence-electron chi connectivity index (χ3n) is 5.63. The number of nitrogens with one attached hydrogen (secondary N) is 1. The third kappa shape index (κ3) is 5.46. The molecule has 0 aliphatic carbocycles. The summed E-state index contributed by atoms with van der Waals surface area (Å²) in [6.07, 6.45) is -4.54. The van der Waals surface area contributed by atoms with Crippen molar-refractivity contribution in [1.29, 1.82) is 0 Å². The van der Waals surface area contributed by atoms with Crippen molar-refractivity contribution in [2.45, 2.75) is 26.6 Å². The molecule has 0 spiro atoms. The van der Waals surface area contributed by atoms with Crippen molar-refractivity contribution in [2.24, 2.45) is 0 Å². The zero-order chi connectivity index (χ0) is 26.0. The number of halogens is 5. The van der Waals surface area contributed by atoms with Gasteiger partial charge >= 0.3 is 6.18 Å². The first-order valence-corrected chi connectivity index (χ1v) is 11.7. The average molecular weight is 561 g/mol. The summed E-state index contributed by atoms with van der Waals surface area (Å²) in [4.78, 5) is 13.0. The number of para-hydroxylation sites is 1. The second-order valence-corrected chi connectivity index (χ2v) is 9.06. The quantitative estimate of drug-likeness (QED) is 0.244. The summed E-state index contributed by atoms with van der Waals surface area (Å²) in [7, 11) is 0. The van der Waals surface area contributed by atoms with E-state index in [1.165, 1.54) is 28.8 Å². The number of hydrogen-bond donors (Lipinski definition) is 1. The lowest BCUT2D eigenvalue weighted by Crippen LogP contribution is -2.15. The Morgan fingerprint density at radius 1 is 1.00 bits per heavy atom. The number of ether oxygens (including phenoxy) is 1. The second kappa shape index (κ2) is 10.2. The normalized spacial score (nSPS) is 11.4. The van der Waals surface area contributed by atoms with Gasteiger partial charge in [-0.3, -0.25) is 4.79 Å². The molecule has 0 unspecified atom stereocenters. The van der Waals surface area contributed by atoms with Crippen molar-refractivity contribution in [3.63, 3.8) is 0 Å². The van der Waals surface area contributed by atoms with Crippen molar-refractivity contribution in [2.75, 3.05) is 5.32 Å². The smallest absolute Gasteiger partial charge is 0.418 e. The minimum atomic E-state index is -4.54. The first-order chi connectivity index (χ1) is 17.0. The maximum Gasteiger partial charge on any atom is 0.418 e. The van der Waals surface area contributed by atoms with Crippen LogP contribution in [0.5, 0.6) is 5.75 Å². The standard InChI is InChI=1S/C27H21BrF4N2O2/c1-16-12-22(17(2)34(16)25-9-4-3-8-23(25)27(30,31)32)26(35)33-20-6-5-7-21(14-20)36-15-18-10-11-19(28)13-24(18)29/h3-14H,15H2,1-2H3,(H,33,35). The Morgan fingerprint density at radius 3 is 2.47 bits per heavy atom. The number of carbonyl (C=O) groups excluding carboxylic acids is 1. The van der Waals surface area contributed by atoms with Crippen molar-refractivity contribution >= 4 is 27.5 Å². The second-order valence-electron chi connectivity index (χ2n) is 8.14. The molecule has 1 amide bonds. The van der Waals surface area contributed by atoms with Gasteiger partial charge in [0, 0.05) is 33.2 Å². The Balaban J connectivity index is 1.54. The Labute approximate surface area is 213 Å². The van der Waals surface area contributed by atoms with Crippen molar-refractivity contribution in [1.82, 2.24) is 4.57 Å². The highest BCUT2D eigenvalue weighted by molar-refractivity contribution is 9.10. The number of hydrogen-bond acceptors (Lipinski definition) is 2. The van der Waals surface area contributed by atoms with Crippen LogP contribution < -0.4 is 10.1 Å². The number of benzene rings is 3. The molecule has 0 aliphatic heterocycles. The molecule has 186 valence electrons. The minimum Gasteiger partial charge on any atom is -0.489 e. The van der Waals surface area contributed by atoms with E-state index in [0.717, 1.165) is 6.07 Å². The number of aryl methyl sites for hydroxylation is 1. The van der Waals surface area contributed by atoms with Gasteiger partial charge in [-0.05, 0) is 56.3 Å². The fourth-order valence-electron chi connectivity index (χ4n) is 3.93. The summed E-state index contributed by atoms with van der Waals surface area (Å²) >= 11 is 3.21. The average Bonchev–Trinajstić information content (AvgIpc) is 3.12. The van der Waals surface area contributed by atoms with Crippen LogP contribution >= 0.6 is 15.9 Å². The number of anilines is 1. The maximum absolute atomic E-state index is 14.0. The van der Waals surface area contributed by atoms with Crippen LogP contribution in [0.3, 0.4) is 0 Å². The summed E-state index contributed by atoms with van der Waals surface area (Å²) in [5.74, 6) is -0.467. The zero-order valence-corrected chi connectivity index (χ0v) is 20.9. The van der Waals surface area contributed by atoms with E-state index in [0.29, 0.717) is 32.9 Å². The fraction of sp³-hybridized carbons (Fsp3) is 0.148. The van der Waals surface area contributed by atoms with E-state index in [2.05, 4.69) is 21.2 Å². The van der Waals surface area contributed by atoms with Crippen LogP contribution in [0, 0.1) is 19.7 Å². The van der Waals surface area contributed by atoms with Gasteiger partial charge in [-0.15, -0.1) is 0 Å². The van der Waals surface area contributed by atoms with E-state index in [1.807, 2.05) is 0 Å². The molecule has 4 rings (SSSR count). The molecule has 0 radical (unpaired) electrons. The van der Waals surface area contributed by atoms with Crippen LogP contribution in [-0.2, 0) is 12.8 Å². The van der Waals surface area contributed by atoms with Gasteiger partial charge in [0.2, 0.25) is 0 Å². The Hall–Kier alpha value is -3.59. The fourth-order valence-corrected chi connectivity index (χ4v) is 4.27. The van der Waals surface area contributed by atoms with E-state index in [1.54, 1.807) is 56.3 Å². The van der Waals surface area contributed by atoms with Crippen molar-refractivity contribution in [3.8, 4) is 11.4 Å². The lowest BCUT2D eigenvalue weighted by molar-refractivity contribution is -0.137. The van der Waals surface area contributed by atoms with Gasteiger partial charge in [0.15, 0.2) is 0 Å². The molecule has 4 nitrogen and oxygen atoms in total. The molecule has 1 N–H and O–H groups in total. The maximum atomic E-state index is 14.0. The molecule has 9 heteroatoms. The predicted molar refractivity (Wildman–Crippen MR) is 133 cm³/mol. The van der Waals surface area contributed by atoms with Crippen molar-refractivity contribution in [3.05, 3.63) is 111 Å². The van der Waals surface area contributed by atoms with E-state index in [-0.39, 0.29) is 17.9 Å². The molecule has 0 fully saturated rings. The van der Waals surface area contributed by atoms with Gasteiger partial charge in [-0.25, -0.2) is 4.39 Å². The van der Waals surface area contributed by atoms with Crippen LogP contribution in [-0.4, -0.2) is 10.5 Å². The number of carbonyl (C=O) groups is 1. The number of nitrogens with zero attached hydrogens (tertiary/aromatic N) is 1. The highest BCUT2D eigenvalue weighted by atomic mass is 79.9. The SMILES string of the molecule is Cc1cc(C(=O)Nc2cccc(OCc3ccc(Br)cc3F)c2)c(C)n1-c1ccccc1C(F)(F)F. The van der Waals surface area contributed by atoms with Crippen LogP contribution in [0.4, 0.5) is 23.2 Å². The summed E-state index contributed by atoms with van der Waals surface area (Å²) < 4.78 is 62.5. The Kier molecular flexibility index (Phi) is 7.21. The molecule has 0 atom stereocenters. The molecule has 0 saturated carbocycles. The lowest BCUT2D eigenvalue weighted by atomic mass is 10.1. The highest BCUT2D eigenvalue weighted by Crippen LogP contribution is 2.35. The van der Waals surface area contributed by atoms with Crippen LogP contribution in [0.2, 0.25) is 0 Å². The zero-order valence-electron chi connectivity index (χ0n) is 19.3. The van der Waals surface area contributed by atoms with E-state index >= 15 is 0 Å². The predicted octanol–water partition coefficient (Wildman–Crippen LogP) is 7.85. The molecule has 0 bridgehead atoms. The molecule has 1 aromatic heterocycles. The molecule has 1 heterocycles. The van der Waals surface area contributed by atoms with Gasteiger partial charge in [0.05, 0.1) is 16.8 Å². The number of aromatic nitrogens is 1. The van der Waals surface area contributed by atoms with Crippen molar-refractivity contribution < 1.29 is 27.1 Å². The van der Waals surface area contributed by atoms with Gasteiger partial charge in [0.1, 0.15) is 18.2 Å². The lowest BCUT2D eigenvalue weighted by Gasteiger charge is -2.17. The first kappa shape index (κ1) is 25.5. The summed E-state index contributed by atoms with van der Waals surface area (Å²) in [5.41, 5.74) is 1.07. The van der Waals surface area contributed by atoms with Crippen LogP contribution in [0.25, 0.3) is 5.69 Å². The third-order valence-corrected chi connectivity index (χ3v) is 6.12. The monoisotopic (exact) mass is 560 g/mol. The molecule has 0 aliphatic rings. The van der Waals surface area contributed by atoms with E-state index in [9.17, 15) is 22.4 Å². The largest absolute Gasteiger partial charge is 0.489 e. The molecular weight excluding hydrogens is 540 g/mol. The van der Waals surface area contributed by atoms with Crippen LogP contribution in [0.1, 0.15) is 32.9 Å². The topological polar surface area (TPSA) is 43.3 Å². The highest BCUT2D eigenvalue weighted by Gasteiger charge is 2.34. The molecule has 4 aromatic rings. The number of rotatable bonds is 6. The van der Waals surface area contributed by atoms with E-state index < -0.39 is 23.5 Å². The molecular formula is C27H21BrF4N2O2. The molecule has 3 aromatic carbocycles. The number of alkyl halides is 3. The Morgan fingerprint density at radius 2 is 1.75 bits per heavy atom. The number of amides is 1. The van der Waals surface area contributed by atoms with Gasteiger partial charge in [-0.2, -0.15) is 13.2 Å². The minimum absolute atomic E-state index is 0.00369. The van der Waals surface area contributed by atoms with Gasteiger partial charge in [-0.1, -0.05) is 40.2 Å². The molecule has 36 heavy (non-hydrogen) atoms.